The van der Waals surface area contributed by atoms with E-state index in [0.717, 1.165) is 39.8 Å². The lowest BCUT2D eigenvalue weighted by Crippen LogP contribution is -2.19. The summed E-state index contributed by atoms with van der Waals surface area (Å²) in [6.07, 6.45) is 3.85. The van der Waals surface area contributed by atoms with Gasteiger partial charge in [0.25, 0.3) is 6.43 Å². The Hall–Kier alpha value is -3.22. The third kappa shape index (κ3) is 3.16. The van der Waals surface area contributed by atoms with Crippen LogP contribution in [0.3, 0.4) is 0 Å². The van der Waals surface area contributed by atoms with Gasteiger partial charge in [0, 0.05) is 40.3 Å². The molecule has 0 aliphatic carbocycles. The molecule has 5 nitrogen and oxygen atoms in total. The number of aryl methyl sites for hydroxylation is 1. The van der Waals surface area contributed by atoms with Crippen LogP contribution in [0.4, 0.5) is 8.78 Å². The molecule has 0 amide bonds. The van der Waals surface area contributed by atoms with Gasteiger partial charge in [0.1, 0.15) is 5.65 Å². The van der Waals surface area contributed by atoms with Crippen molar-refractivity contribution in [1.29, 1.82) is 0 Å². The summed E-state index contributed by atoms with van der Waals surface area (Å²) in [5, 5.41) is 7.98. The second kappa shape index (κ2) is 6.83. The van der Waals surface area contributed by atoms with Crippen molar-refractivity contribution >= 4 is 22.2 Å². The molecule has 4 rings (SSSR count). The first-order chi connectivity index (χ1) is 13.1. The van der Waals surface area contributed by atoms with Crippen LogP contribution >= 0.6 is 0 Å². The number of alkyl halides is 2. The van der Waals surface area contributed by atoms with E-state index in [-0.39, 0.29) is 0 Å². The van der Waals surface area contributed by atoms with E-state index >= 15 is 0 Å². The van der Waals surface area contributed by atoms with Crippen LogP contribution in [0.15, 0.2) is 49.4 Å². The Bertz CT molecular complexity index is 1130. The summed E-state index contributed by atoms with van der Waals surface area (Å²) in [7, 11) is 0. The molecular formula is C20H19F2N5. The molecule has 27 heavy (non-hydrogen) atoms. The first-order valence-corrected chi connectivity index (χ1v) is 8.73. The van der Waals surface area contributed by atoms with E-state index in [4.69, 9.17) is 0 Å². The fraction of sp³-hybridized carbons (Fsp3) is 0.200. The largest absolute Gasteiger partial charge is 0.379 e. The molecule has 0 unspecified atom stereocenters. The van der Waals surface area contributed by atoms with Crippen molar-refractivity contribution in [1.82, 2.24) is 24.9 Å². The molecule has 0 saturated heterocycles. The van der Waals surface area contributed by atoms with E-state index in [2.05, 4.69) is 40.0 Å². The molecule has 0 bridgehead atoms. The summed E-state index contributed by atoms with van der Waals surface area (Å²) in [5.74, 6) is 0. The highest BCUT2D eigenvalue weighted by Gasteiger charge is 2.13. The quantitative estimate of drug-likeness (QED) is 0.535. The minimum absolute atomic E-state index is 0.427. The van der Waals surface area contributed by atoms with Crippen molar-refractivity contribution in [3.05, 3.63) is 60.7 Å². The third-order valence-corrected chi connectivity index (χ3v) is 4.59. The van der Waals surface area contributed by atoms with E-state index < -0.39 is 13.0 Å². The minimum Gasteiger partial charge on any atom is -0.379 e. The van der Waals surface area contributed by atoms with Gasteiger partial charge in [-0.1, -0.05) is 13.5 Å². The second-order valence-corrected chi connectivity index (χ2v) is 6.31. The number of aromatic amines is 1. The molecular weight excluding hydrogens is 348 g/mol. The fourth-order valence-corrected chi connectivity index (χ4v) is 3.16. The van der Waals surface area contributed by atoms with Crippen LogP contribution in [0.25, 0.3) is 33.4 Å². The Kier molecular flexibility index (Phi) is 4.35. The highest BCUT2D eigenvalue weighted by atomic mass is 19.3. The molecule has 138 valence electrons. The molecule has 0 aliphatic heterocycles. The molecule has 2 N–H and O–H groups in total. The van der Waals surface area contributed by atoms with Gasteiger partial charge in [-0.15, -0.1) is 0 Å². The predicted octanol–water partition coefficient (Wildman–Crippen LogP) is 4.27. The van der Waals surface area contributed by atoms with E-state index in [1.165, 1.54) is 0 Å². The van der Waals surface area contributed by atoms with Crippen molar-refractivity contribution in [3.63, 3.8) is 0 Å². The summed E-state index contributed by atoms with van der Waals surface area (Å²) in [6, 6.07) is 8.04. The zero-order valence-electron chi connectivity index (χ0n) is 14.8. The van der Waals surface area contributed by atoms with Crippen molar-refractivity contribution < 1.29 is 8.78 Å². The Labute approximate surface area is 154 Å². The fourth-order valence-electron chi connectivity index (χ4n) is 3.16. The van der Waals surface area contributed by atoms with Crippen molar-refractivity contribution in [2.45, 2.75) is 19.8 Å². The topological polar surface area (TPSA) is 58.0 Å². The van der Waals surface area contributed by atoms with Crippen LogP contribution in [0.2, 0.25) is 0 Å². The lowest BCUT2D eigenvalue weighted by molar-refractivity contribution is 0.151. The Balaban J connectivity index is 1.75. The number of nitrogens with one attached hydrogen (secondary N) is 2. The maximum Gasteiger partial charge on any atom is 0.255 e. The van der Waals surface area contributed by atoms with E-state index in [1.807, 2.05) is 30.6 Å². The molecule has 4 heterocycles. The molecule has 4 aromatic heterocycles. The van der Waals surface area contributed by atoms with Gasteiger partial charge < -0.3 is 10.3 Å². The number of rotatable bonds is 6. The van der Waals surface area contributed by atoms with Gasteiger partial charge in [-0.2, -0.15) is 5.10 Å². The van der Waals surface area contributed by atoms with Crippen LogP contribution in [0.5, 0.6) is 0 Å². The van der Waals surface area contributed by atoms with Crippen molar-refractivity contribution in [2.24, 2.45) is 0 Å². The number of pyridine rings is 2. The lowest BCUT2D eigenvalue weighted by Gasteiger charge is -2.08. The number of fused-ring (bicyclic) bond motifs is 2. The van der Waals surface area contributed by atoms with E-state index in [9.17, 15) is 8.78 Å². The van der Waals surface area contributed by atoms with Crippen LogP contribution < -0.4 is 5.32 Å². The van der Waals surface area contributed by atoms with Crippen LogP contribution in [-0.4, -0.2) is 32.6 Å². The average Bonchev–Trinajstić information content (AvgIpc) is 3.28. The van der Waals surface area contributed by atoms with Crippen LogP contribution in [-0.2, 0) is 6.42 Å². The average molecular weight is 367 g/mol. The number of hydrogen-bond acceptors (Lipinski definition) is 3. The molecule has 0 radical (unpaired) electrons. The molecule has 0 atom stereocenters. The molecule has 0 aliphatic rings. The Morgan fingerprint density at radius 1 is 1.33 bits per heavy atom. The summed E-state index contributed by atoms with van der Waals surface area (Å²) in [5.41, 5.74) is 5.82. The maximum atomic E-state index is 12.5. The normalized spacial score (nSPS) is 11.6. The SMILES string of the molecule is C=C(NCC(F)F)c1cnn2ccc(-c3c[nH]c4nc(CC)ccc34)cc12. The minimum atomic E-state index is -2.44. The number of halogens is 2. The van der Waals surface area contributed by atoms with E-state index in [1.54, 1.807) is 10.7 Å². The van der Waals surface area contributed by atoms with E-state index in [0.29, 0.717) is 11.3 Å². The molecule has 7 heteroatoms. The van der Waals surface area contributed by atoms with Gasteiger partial charge in [0.05, 0.1) is 18.3 Å². The standard InChI is InChI=1S/C20H19F2N5/c1-3-14-4-5-15-17(9-24-20(15)26-14)13-6-7-27-18(8-13)16(10-25-27)12(2)23-11-19(21)22/h4-10,19,23H,2-3,11H2,1H3,(H,24,26). The van der Waals surface area contributed by atoms with Gasteiger partial charge in [0.15, 0.2) is 0 Å². The number of aromatic nitrogens is 4. The summed E-state index contributed by atoms with van der Waals surface area (Å²) < 4.78 is 26.6. The zero-order chi connectivity index (χ0) is 19.0. The zero-order valence-corrected chi connectivity index (χ0v) is 14.8. The van der Waals surface area contributed by atoms with Crippen molar-refractivity contribution in [3.8, 4) is 11.1 Å². The van der Waals surface area contributed by atoms with Gasteiger partial charge in [-0.25, -0.2) is 18.3 Å². The number of H-pyrrole nitrogens is 1. The highest BCUT2D eigenvalue weighted by molar-refractivity contribution is 5.94. The molecule has 0 spiro atoms. The summed E-state index contributed by atoms with van der Waals surface area (Å²) in [4.78, 5) is 7.84. The van der Waals surface area contributed by atoms with Gasteiger partial charge >= 0.3 is 0 Å². The molecule has 4 aromatic rings. The van der Waals surface area contributed by atoms with Gasteiger partial charge in [0.2, 0.25) is 0 Å². The number of hydrogen-bond donors (Lipinski definition) is 2. The maximum absolute atomic E-state index is 12.5. The monoisotopic (exact) mass is 367 g/mol. The first kappa shape index (κ1) is 17.2. The predicted molar refractivity (Wildman–Crippen MR) is 103 cm³/mol. The lowest BCUT2D eigenvalue weighted by atomic mass is 10.1. The molecule has 0 aromatic carbocycles. The van der Waals surface area contributed by atoms with Gasteiger partial charge in [-0.05, 0) is 36.2 Å². The smallest absolute Gasteiger partial charge is 0.255 e. The third-order valence-electron chi connectivity index (χ3n) is 4.59. The van der Waals surface area contributed by atoms with Crippen LogP contribution in [0, 0.1) is 0 Å². The van der Waals surface area contributed by atoms with Crippen LogP contribution in [0.1, 0.15) is 18.2 Å². The summed E-state index contributed by atoms with van der Waals surface area (Å²) in [6.45, 7) is 5.50. The Morgan fingerprint density at radius 3 is 2.96 bits per heavy atom. The van der Waals surface area contributed by atoms with Gasteiger partial charge in [-0.3, -0.25) is 0 Å². The number of nitrogens with zero attached hydrogens (tertiary/aromatic N) is 3. The highest BCUT2D eigenvalue weighted by Crippen LogP contribution is 2.30. The first-order valence-electron chi connectivity index (χ1n) is 8.73. The Morgan fingerprint density at radius 2 is 2.19 bits per heavy atom. The second-order valence-electron chi connectivity index (χ2n) is 6.31. The molecule has 0 saturated carbocycles. The molecule has 0 fully saturated rings. The van der Waals surface area contributed by atoms with Crippen molar-refractivity contribution in [2.75, 3.05) is 6.54 Å². The summed E-state index contributed by atoms with van der Waals surface area (Å²) >= 11 is 0.